The number of rotatable bonds is 5. The highest BCUT2D eigenvalue weighted by atomic mass is 16.4. The first-order valence-electron chi connectivity index (χ1n) is 6.58. The maximum atomic E-state index is 12.0. The van der Waals surface area contributed by atoms with Gasteiger partial charge in [0.05, 0.1) is 18.3 Å². The summed E-state index contributed by atoms with van der Waals surface area (Å²) in [4.78, 5) is 24.4. The highest BCUT2D eigenvalue weighted by Gasteiger charge is 2.35. The van der Waals surface area contributed by atoms with Crippen LogP contribution in [-0.2, 0) is 4.79 Å². The first kappa shape index (κ1) is 14.4. The van der Waals surface area contributed by atoms with Gasteiger partial charge in [-0.15, -0.1) is 5.10 Å². The van der Waals surface area contributed by atoms with E-state index in [2.05, 4.69) is 10.3 Å². The Hall–Kier alpha value is -1.96. The summed E-state index contributed by atoms with van der Waals surface area (Å²) in [6.45, 7) is 5.03. The van der Waals surface area contributed by atoms with Crippen LogP contribution in [0, 0.1) is 5.92 Å². The van der Waals surface area contributed by atoms with Crippen LogP contribution in [0.5, 0.6) is 0 Å². The number of aromatic nitrogens is 3. The molecule has 1 aromatic heterocycles. The molecule has 8 nitrogen and oxygen atoms in total. The summed E-state index contributed by atoms with van der Waals surface area (Å²) in [7, 11) is 0. The number of aromatic carboxylic acids is 1. The molecule has 1 fully saturated rings. The molecular formula is C12H19N5O3. The molecule has 2 heterocycles. The monoisotopic (exact) mass is 281 g/mol. The quantitative estimate of drug-likeness (QED) is 0.768. The summed E-state index contributed by atoms with van der Waals surface area (Å²) in [6, 6.07) is -0.493. The Bertz CT molecular complexity index is 507. The third-order valence-electron chi connectivity index (χ3n) is 3.32. The van der Waals surface area contributed by atoms with Gasteiger partial charge in [-0.3, -0.25) is 4.79 Å². The molecule has 8 heteroatoms. The summed E-state index contributed by atoms with van der Waals surface area (Å²) >= 11 is 0. The van der Waals surface area contributed by atoms with E-state index >= 15 is 0 Å². The first-order valence-corrected chi connectivity index (χ1v) is 6.58. The molecule has 1 saturated heterocycles. The summed E-state index contributed by atoms with van der Waals surface area (Å²) in [5.41, 5.74) is 5.76. The van der Waals surface area contributed by atoms with Gasteiger partial charge in [-0.2, -0.15) is 0 Å². The number of carboxylic acid groups (broad SMARTS) is 1. The fraction of sp³-hybridized carbons (Fsp3) is 0.667. The van der Waals surface area contributed by atoms with Crippen LogP contribution < -0.4 is 5.73 Å². The minimum atomic E-state index is -1.11. The Balaban J connectivity index is 1.87. The molecule has 1 aromatic rings. The molecule has 0 aromatic carbocycles. The third kappa shape index (κ3) is 2.96. The first-order chi connectivity index (χ1) is 9.38. The summed E-state index contributed by atoms with van der Waals surface area (Å²) in [5.74, 6) is -0.796. The maximum Gasteiger partial charge on any atom is 0.358 e. The summed E-state index contributed by atoms with van der Waals surface area (Å²) in [5, 5.41) is 16.1. The Kier molecular flexibility index (Phi) is 4.03. The molecular weight excluding hydrogens is 262 g/mol. The second-order valence-corrected chi connectivity index (χ2v) is 5.52. The van der Waals surface area contributed by atoms with Gasteiger partial charge in [0, 0.05) is 13.1 Å². The zero-order chi connectivity index (χ0) is 14.9. The highest BCUT2D eigenvalue weighted by molar-refractivity contribution is 5.84. The number of hydrogen-bond acceptors (Lipinski definition) is 5. The Morgan fingerprint density at radius 3 is 2.65 bits per heavy atom. The van der Waals surface area contributed by atoms with Crippen molar-refractivity contribution in [2.75, 3.05) is 13.1 Å². The van der Waals surface area contributed by atoms with Crippen molar-refractivity contribution >= 4 is 11.9 Å². The van der Waals surface area contributed by atoms with Crippen molar-refractivity contribution in [3.05, 3.63) is 11.9 Å². The van der Waals surface area contributed by atoms with E-state index in [-0.39, 0.29) is 17.6 Å². The lowest BCUT2D eigenvalue weighted by Gasteiger charge is -2.40. The van der Waals surface area contributed by atoms with Crippen molar-refractivity contribution in [1.29, 1.82) is 0 Å². The van der Waals surface area contributed by atoms with Gasteiger partial charge in [0.15, 0.2) is 5.69 Å². The van der Waals surface area contributed by atoms with E-state index in [1.165, 1.54) is 10.9 Å². The number of carbonyl (C=O) groups is 2. The maximum absolute atomic E-state index is 12.0. The fourth-order valence-corrected chi connectivity index (χ4v) is 2.20. The number of nitrogens with two attached hydrogens (primary N) is 1. The molecule has 0 unspecified atom stereocenters. The zero-order valence-corrected chi connectivity index (χ0v) is 11.6. The van der Waals surface area contributed by atoms with Crippen molar-refractivity contribution in [1.82, 2.24) is 19.9 Å². The molecule has 0 radical (unpaired) electrons. The second kappa shape index (κ2) is 5.58. The van der Waals surface area contributed by atoms with Crippen LogP contribution in [0.2, 0.25) is 0 Å². The minimum absolute atomic E-state index is 0.0224. The number of hydrogen-bond donors (Lipinski definition) is 2. The van der Waals surface area contributed by atoms with Gasteiger partial charge in [0.25, 0.3) is 0 Å². The molecule has 1 atom stereocenters. The van der Waals surface area contributed by atoms with Crippen molar-refractivity contribution in [2.45, 2.75) is 32.4 Å². The molecule has 2 rings (SSSR count). The molecule has 20 heavy (non-hydrogen) atoms. The SMILES string of the molecule is CC(C)C[C@H](N)C(=O)N1CC(n2cc(C(=O)O)nn2)C1. The molecule has 1 amide bonds. The van der Waals surface area contributed by atoms with Crippen LogP contribution in [0.4, 0.5) is 0 Å². The average Bonchev–Trinajstić information content (AvgIpc) is 2.75. The van der Waals surface area contributed by atoms with E-state index in [0.717, 1.165) is 0 Å². The third-order valence-corrected chi connectivity index (χ3v) is 3.32. The van der Waals surface area contributed by atoms with Crippen LogP contribution in [0.3, 0.4) is 0 Å². The Morgan fingerprint density at radius 1 is 1.50 bits per heavy atom. The lowest BCUT2D eigenvalue weighted by molar-refractivity contribution is -0.139. The lowest BCUT2D eigenvalue weighted by atomic mass is 10.0. The number of carboxylic acids is 1. The van der Waals surface area contributed by atoms with Gasteiger partial charge < -0.3 is 15.7 Å². The molecule has 1 aliphatic rings. The molecule has 0 aliphatic carbocycles. The Morgan fingerprint density at radius 2 is 2.15 bits per heavy atom. The van der Waals surface area contributed by atoms with Crippen LogP contribution >= 0.6 is 0 Å². The number of likely N-dealkylation sites (tertiary alicyclic amines) is 1. The summed E-state index contributed by atoms with van der Waals surface area (Å²) < 4.78 is 1.49. The van der Waals surface area contributed by atoms with Gasteiger partial charge in [-0.05, 0) is 12.3 Å². The van der Waals surface area contributed by atoms with Crippen molar-refractivity contribution in [2.24, 2.45) is 11.7 Å². The molecule has 3 N–H and O–H groups in total. The van der Waals surface area contributed by atoms with E-state index in [0.29, 0.717) is 25.4 Å². The van der Waals surface area contributed by atoms with E-state index in [4.69, 9.17) is 10.8 Å². The standard InChI is InChI=1S/C12H19N5O3/c1-7(2)3-9(13)11(18)16-4-8(5-16)17-6-10(12(19)20)14-15-17/h6-9H,3-5,13H2,1-2H3,(H,19,20)/t9-/m0/s1. The Labute approximate surface area is 116 Å². The van der Waals surface area contributed by atoms with Gasteiger partial charge in [0.1, 0.15) is 0 Å². The van der Waals surface area contributed by atoms with E-state index < -0.39 is 12.0 Å². The average molecular weight is 281 g/mol. The molecule has 0 bridgehead atoms. The topological polar surface area (TPSA) is 114 Å². The van der Waals surface area contributed by atoms with Gasteiger partial charge in [-0.1, -0.05) is 19.1 Å². The van der Waals surface area contributed by atoms with Crippen molar-refractivity contribution in [3.8, 4) is 0 Å². The van der Waals surface area contributed by atoms with E-state index in [9.17, 15) is 9.59 Å². The van der Waals surface area contributed by atoms with E-state index in [1.54, 1.807) is 4.90 Å². The number of nitrogens with zero attached hydrogens (tertiary/aromatic N) is 4. The molecule has 110 valence electrons. The van der Waals surface area contributed by atoms with Crippen LogP contribution in [0.1, 0.15) is 36.8 Å². The predicted molar refractivity (Wildman–Crippen MR) is 70.0 cm³/mol. The fourth-order valence-electron chi connectivity index (χ4n) is 2.20. The second-order valence-electron chi connectivity index (χ2n) is 5.52. The van der Waals surface area contributed by atoms with Crippen LogP contribution in [0.15, 0.2) is 6.20 Å². The lowest BCUT2D eigenvalue weighted by Crippen LogP contribution is -2.56. The molecule has 0 spiro atoms. The minimum Gasteiger partial charge on any atom is -0.476 e. The number of carbonyl (C=O) groups excluding carboxylic acids is 1. The predicted octanol–water partition coefficient (Wildman–Crippen LogP) is -0.267. The van der Waals surface area contributed by atoms with Gasteiger partial charge >= 0.3 is 5.97 Å². The van der Waals surface area contributed by atoms with Crippen LogP contribution in [0.25, 0.3) is 0 Å². The van der Waals surface area contributed by atoms with E-state index in [1.807, 2.05) is 13.8 Å². The smallest absolute Gasteiger partial charge is 0.358 e. The largest absolute Gasteiger partial charge is 0.476 e. The van der Waals surface area contributed by atoms with Crippen molar-refractivity contribution < 1.29 is 14.7 Å². The normalized spacial score (nSPS) is 17.1. The number of amides is 1. The van der Waals surface area contributed by atoms with Gasteiger partial charge in [0.2, 0.25) is 5.91 Å². The summed E-state index contributed by atoms with van der Waals surface area (Å²) in [6.07, 6.45) is 2.04. The molecule has 1 aliphatic heterocycles. The van der Waals surface area contributed by atoms with Crippen LogP contribution in [-0.4, -0.2) is 56.0 Å². The molecule has 0 saturated carbocycles. The zero-order valence-electron chi connectivity index (χ0n) is 11.6. The highest BCUT2D eigenvalue weighted by Crippen LogP contribution is 2.21. The van der Waals surface area contributed by atoms with Crippen molar-refractivity contribution in [3.63, 3.8) is 0 Å². The van der Waals surface area contributed by atoms with Gasteiger partial charge in [-0.25, -0.2) is 9.48 Å².